The summed E-state index contributed by atoms with van der Waals surface area (Å²) in [5.41, 5.74) is 8.88. The Labute approximate surface area is 138 Å². The minimum Gasteiger partial charge on any atom is -0.472 e. The predicted octanol–water partition coefficient (Wildman–Crippen LogP) is 3.68. The number of nitrogens with two attached hydrogens (primary N) is 1. The van der Waals surface area contributed by atoms with E-state index in [4.69, 9.17) is 10.2 Å². The molecule has 3 nitrogen and oxygen atoms in total. The summed E-state index contributed by atoms with van der Waals surface area (Å²) in [6.07, 6.45) is 5.79. The van der Waals surface area contributed by atoms with Crippen LogP contribution in [0.25, 0.3) is 0 Å². The number of hydrogen-bond donors (Lipinski definition) is 1. The molecule has 0 amide bonds. The van der Waals surface area contributed by atoms with Gasteiger partial charge in [0.05, 0.1) is 12.5 Å². The fraction of sp³-hybridized carbons (Fsp3) is 0.444. The van der Waals surface area contributed by atoms with Crippen LogP contribution in [-0.2, 0) is 13.1 Å². The first-order valence-electron chi connectivity index (χ1n) is 8.21. The molecule has 6 heteroatoms. The number of furan rings is 1. The van der Waals surface area contributed by atoms with Crippen LogP contribution in [0.1, 0.15) is 41.9 Å². The van der Waals surface area contributed by atoms with Gasteiger partial charge in [-0.15, -0.1) is 0 Å². The van der Waals surface area contributed by atoms with Crippen molar-refractivity contribution < 1.29 is 17.6 Å². The molecule has 0 saturated heterocycles. The maximum atomic E-state index is 14.0. The zero-order valence-corrected chi connectivity index (χ0v) is 13.1. The van der Waals surface area contributed by atoms with Crippen LogP contribution in [-0.4, -0.2) is 17.0 Å². The molecule has 2 aromatic rings. The maximum absolute atomic E-state index is 14.0. The number of benzene rings is 1. The maximum Gasteiger partial charge on any atom is 0.161 e. The van der Waals surface area contributed by atoms with Crippen molar-refractivity contribution in [2.24, 2.45) is 5.73 Å². The van der Waals surface area contributed by atoms with Gasteiger partial charge in [0.25, 0.3) is 0 Å². The van der Waals surface area contributed by atoms with Gasteiger partial charge in [-0.25, -0.2) is 13.2 Å². The zero-order chi connectivity index (χ0) is 16.8. The second kappa shape index (κ2) is 5.93. The highest BCUT2D eigenvalue weighted by Gasteiger charge is 2.36. The Morgan fingerprint density at radius 2 is 1.62 bits per heavy atom. The molecule has 128 valence electrons. The molecule has 24 heavy (non-hydrogen) atoms. The molecule has 2 aliphatic rings. The lowest BCUT2D eigenvalue weighted by molar-refractivity contribution is 0.136. The van der Waals surface area contributed by atoms with Crippen LogP contribution in [0.3, 0.4) is 0 Å². The molecule has 4 rings (SSSR count). The minimum atomic E-state index is -1.16. The van der Waals surface area contributed by atoms with Crippen LogP contribution in [0.2, 0.25) is 0 Å². The average Bonchev–Trinajstić information content (AvgIpc) is 3.13. The molecule has 2 N–H and O–H groups in total. The van der Waals surface area contributed by atoms with Crippen molar-refractivity contribution in [2.75, 3.05) is 0 Å². The van der Waals surface area contributed by atoms with Gasteiger partial charge < -0.3 is 10.2 Å². The first-order valence-corrected chi connectivity index (χ1v) is 8.21. The second-order valence-electron chi connectivity index (χ2n) is 6.85. The highest BCUT2D eigenvalue weighted by Crippen LogP contribution is 2.38. The van der Waals surface area contributed by atoms with E-state index < -0.39 is 17.5 Å². The van der Waals surface area contributed by atoms with Gasteiger partial charge in [-0.2, -0.15) is 0 Å². The first kappa shape index (κ1) is 15.7. The third kappa shape index (κ3) is 2.63. The summed E-state index contributed by atoms with van der Waals surface area (Å²) in [5.74, 6) is -3.17. The van der Waals surface area contributed by atoms with E-state index in [0.29, 0.717) is 24.9 Å². The Morgan fingerprint density at radius 1 is 0.958 bits per heavy atom. The van der Waals surface area contributed by atoms with Crippen molar-refractivity contribution in [2.45, 2.75) is 50.4 Å². The molecule has 0 bridgehead atoms. The molecule has 1 aromatic carbocycles. The topological polar surface area (TPSA) is 42.4 Å². The van der Waals surface area contributed by atoms with E-state index in [1.54, 1.807) is 12.5 Å². The lowest BCUT2D eigenvalue weighted by Gasteiger charge is -2.38. The Hall–Kier alpha value is -1.79. The van der Waals surface area contributed by atoms with E-state index in [9.17, 15) is 13.2 Å². The molecule has 2 heterocycles. The Balaban J connectivity index is 1.47. The normalized spacial score (nSPS) is 27.4. The summed E-state index contributed by atoms with van der Waals surface area (Å²) >= 11 is 0. The van der Waals surface area contributed by atoms with Crippen molar-refractivity contribution in [3.63, 3.8) is 0 Å². The highest BCUT2D eigenvalue weighted by atomic mass is 19.2. The second-order valence-corrected chi connectivity index (χ2v) is 6.85. The summed E-state index contributed by atoms with van der Waals surface area (Å²) in [7, 11) is 0. The monoisotopic (exact) mass is 336 g/mol. The van der Waals surface area contributed by atoms with Crippen molar-refractivity contribution in [1.82, 2.24) is 4.90 Å². The standard InChI is InChI=1S/C18H19F3N2O/c19-15-5-17(21)16(20)4-14(15)13-2-1-12(3-18(13)22)23-6-10-8-24-9-11(10)7-23/h4-5,8-9,12-13,18H,1-3,6-7,22H2/t12-,13+,18-/m0/s1. The smallest absolute Gasteiger partial charge is 0.161 e. The van der Waals surface area contributed by atoms with Crippen LogP contribution in [0.4, 0.5) is 13.2 Å². The van der Waals surface area contributed by atoms with Gasteiger partial charge in [0.2, 0.25) is 0 Å². The summed E-state index contributed by atoms with van der Waals surface area (Å²) < 4.78 is 45.8. The quantitative estimate of drug-likeness (QED) is 0.851. The van der Waals surface area contributed by atoms with Crippen LogP contribution in [0.5, 0.6) is 0 Å². The number of fused-ring (bicyclic) bond motifs is 1. The first-order chi connectivity index (χ1) is 11.5. The summed E-state index contributed by atoms with van der Waals surface area (Å²) in [5, 5.41) is 0. The van der Waals surface area contributed by atoms with E-state index in [2.05, 4.69) is 4.90 Å². The van der Waals surface area contributed by atoms with Gasteiger partial charge in [0, 0.05) is 48.3 Å². The molecular weight excluding hydrogens is 317 g/mol. The number of rotatable bonds is 2. The Morgan fingerprint density at radius 3 is 2.29 bits per heavy atom. The molecular formula is C18H19F3N2O. The summed E-state index contributed by atoms with van der Waals surface area (Å²) in [6.45, 7) is 1.68. The van der Waals surface area contributed by atoms with E-state index >= 15 is 0 Å². The molecule has 0 radical (unpaired) electrons. The third-order valence-corrected chi connectivity index (χ3v) is 5.41. The van der Waals surface area contributed by atoms with Gasteiger partial charge in [-0.05, 0) is 30.9 Å². The van der Waals surface area contributed by atoms with E-state index in [1.807, 2.05) is 0 Å². The van der Waals surface area contributed by atoms with Crippen LogP contribution < -0.4 is 5.73 Å². The SMILES string of the molecule is N[C@H]1C[C@@H](N2Cc3cocc3C2)CC[C@@H]1c1cc(F)c(F)cc1F. The van der Waals surface area contributed by atoms with Gasteiger partial charge in [0.15, 0.2) is 11.6 Å². The van der Waals surface area contributed by atoms with E-state index in [-0.39, 0.29) is 17.5 Å². The van der Waals surface area contributed by atoms with Crippen molar-refractivity contribution in [1.29, 1.82) is 0 Å². The molecule has 0 unspecified atom stereocenters. The Kier molecular flexibility index (Phi) is 3.89. The lowest BCUT2D eigenvalue weighted by atomic mass is 9.77. The lowest BCUT2D eigenvalue weighted by Crippen LogP contribution is -2.44. The average molecular weight is 336 g/mol. The molecule has 1 aliphatic carbocycles. The summed E-state index contributed by atoms with van der Waals surface area (Å²) in [4.78, 5) is 2.36. The van der Waals surface area contributed by atoms with Gasteiger partial charge in [-0.3, -0.25) is 4.90 Å². The third-order valence-electron chi connectivity index (χ3n) is 5.41. The molecule has 0 spiro atoms. The van der Waals surface area contributed by atoms with Crippen molar-refractivity contribution in [3.8, 4) is 0 Å². The van der Waals surface area contributed by atoms with Gasteiger partial charge >= 0.3 is 0 Å². The molecule has 3 atom stereocenters. The number of halogens is 3. The fourth-order valence-corrected chi connectivity index (χ4v) is 4.10. The van der Waals surface area contributed by atoms with Crippen LogP contribution in [0, 0.1) is 17.5 Å². The number of hydrogen-bond acceptors (Lipinski definition) is 3. The molecule has 1 aromatic heterocycles. The highest BCUT2D eigenvalue weighted by molar-refractivity contribution is 5.27. The van der Waals surface area contributed by atoms with Crippen LogP contribution >= 0.6 is 0 Å². The molecule has 1 aliphatic heterocycles. The predicted molar refractivity (Wildman–Crippen MR) is 82.6 cm³/mol. The van der Waals surface area contributed by atoms with Crippen LogP contribution in [0.15, 0.2) is 29.1 Å². The van der Waals surface area contributed by atoms with Crippen molar-refractivity contribution in [3.05, 3.63) is 58.8 Å². The largest absolute Gasteiger partial charge is 0.472 e. The van der Waals surface area contributed by atoms with Crippen molar-refractivity contribution >= 4 is 0 Å². The van der Waals surface area contributed by atoms with E-state index in [1.165, 1.54) is 11.1 Å². The summed E-state index contributed by atoms with van der Waals surface area (Å²) in [6, 6.07) is 1.62. The Bertz CT molecular complexity index is 740. The number of nitrogens with zero attached hydrogens (tertiary/aromatic N) is 1. The molecule has 1 fully saturated rings. The zero-order valence-electron chi connectivity index (χ0n) is 13.1. The minimum absolute atomic E-state index is 0.192. The van der Waals surface area contributed by atoms with Gasteiger partial charge in [0.1, 0.15) is 5.82 Å². The fourth-order valence-electron chi connectivity index (χ4n) is 4.10. The van der Waals surface area contributed by atoms with Gasteiger partial charge in [-0.1, -0.05) is 0 Å². The molecule has 1 saturated carbocycles. The van der Waals surface area contributed by atoms with E-state index in [0.717, 1.165) is 25.6 Å².